The molecule has 1 aliphatic carbocycles. The minimum atomic E-state index is -1.44. The molecular weight excluding hydrogens is 625 g/mol. The standard InChI is InChI=1S/C31H30ClF3N8O3/c32-19-5-21-17(8-37-41-21)24-23(19)16-4-14(16)12-45-30(44)38-22-11-42(10-20(22)34)28-18-7-36-27(24)25(35)26(18)39-29(40-28)46-13-31-2-1-3-43(31)9-15(33)6-31/h5,7-8,14-16,20,22H,1-4,6,9-13H2,(H,37,41)(H,38,44)/t14-,15-,16-,20+,22+,31+/m1/s1. The number of benzene rings is 1. The van der Waals surface area contributed by atoms with Crippen LogP contribution < -0.4 is 15.0 Å². The van der Waals surface area contributed by atoms with Gasteiger partial charge in [0, 0.05) is 47.6 Å². The van der Waals surface area contributed by atoms with Crippen molar-refractivity contribution in [1.82, 2.24) is 35.4 Å². The largest absolute Gasteiger partial charge is 0.461 e. The molecule has 6 atom stereocenters. The van der Waals surface area contributed by atoms with E-state index < -0.39 is 35.8 Å². The molecule has 3 saturated heterocycles. The summed E-state index contributed by atoms with van der Waals surface area (Å²) in [6.07, 6.45) is 2.70. The van der Waals surface area contributed by atoms with E-state index in [1.807, 2.05) is 0 Å². The maximum atomic E-state index is 17.0. The Labute approximate surface area is 265 Å². The average molecular weight is 655 g/mol. The van der Waals surface area contributed by atoms with Gasteiger partial charge < -0.3 is 19.7 Å². The molecule has 3 aromatic heterocycles. The Morgan fingerprint density at radius 2 is 2.07 bits per heavy atom. The first-order valence-corrected chi connectivity index (χ1v) is 16.0. The second-order valence-electron chi connectivity index (χ2n) is 13.2. The lowest BCUT2D eigenvalue weighted by atomic mass is 9.94. The molecule has 46 heavy (non-hydrogen) atoms. The number of aromatic nitrogens is 5. The first kappa shape index (κ1) is 28.3. The third kappa shape index (κ3) is 4.39. The molecule has 0 unspecified atom stereocenters. The van der Waals surface area contributed by atoms with Gasteiger partial charge in [0.15, 0.2) is 5.82 Å². The molecule has 1 aromatic carbocycles. The summed E-state index contributed by atoms with van der Waals surface area (Å²) < 4.78 is 58.5. The number of halogens is 4. The Morgan fingerprint density at radius 3 is 2.96 bits per heavy atom. The van der Waals surface area contributed by atoms with Crippen LogP contribution in [0.4, 0.5) is 23.8 Å². The van der Waals surface area contributed by atoms with Crippen molar-refractivity contribution >= 4 is 45.3 Å². The van der Waals surface area contributed by atoms with E-state index in [2.05, 4.69) is 35.4 Å². The monoisotopic (exact) mass is 654 g/mol. The lowest BCUT2D eigenvalue weighted by molar-refractivity contribution is 0.107. The smallest absolute Gasteiger partial charge is 0.407 e. The predicted octanol–water partition coefficient (Wildman–Crippen LogP) is 4.69. The van der Waals surface area contributed by atoms with E-state index in [0.29, 0.717) is 46.4 Å². The molecule has 240 valence electrons. The molecule has 1 amide bonds. The Kier molecular flexibility index (Phi) is 6.34. The number of nitrogens with zero attached hydrogens (tertiary/aromatic N) is 6. The number of alkyl carbamates (subject to hydrolysis) is 1. The Hall–Kier alpha value is -3.91. The van der Waals surface area contributed by atoms with Gasteiger partial charge in [0.2, 0.25) is 0 Å². The average Bonchev–Trinajstić information content (AvgIpc) is 3.32. The van der Waals surface area contributed by atoms with Crippen LogP contribution >= 0.6 is 11.6 Å². The predicted molar refractivity (Wildman–Crippen MR) is 162 cm³/mol. The van der Waals surface area contributed by atoms with Gasteiger partial charge in [-0.1, -0.05) is 11.6 Å². The number of hydrogen-bond donors (Lipinski definition) is 2. The van der Waals surface area contributed by atoms with E-state index >= 15 is 8.78 Å². The van der Waals surface area contributed by atoms with Crippen molar-refractivity contribution in [3.05, 3.63) is 34.9 Å². The van der Waals surface area contributed by atoms with Gasteiger partial charge in [-0.05, 0) is 43.4 Å². The molecule has 4 aromatic rings. The van der Waals surface area contributed by atoms with Gasteiger partial charge in [-0.3, -0.25) is 15.0 Å². The summed E-state index contributed by atoms with van der Waals surface area (Å²) in [6, 6.07) is 0.770. The van der Waals surface area contributed by atoms with Crippen molar-refractivity contribution in [2.75, 3.05) is 44.3 Å². The summed E-state index contributed by atoms with van der Waals surface area (Å²) in [5.41, 5.74) is 1.27. The van der Waals surface area contributed by atoms with Gasteiger partial charge in [-0.25, -0.2) is 18.0 Å². The molecule has 10 rings (SSSR count). The molecular formula is C31H30ClF3N8O3. The van der Waals surface area contributed by atoms with Crippen LogP contribution in [0.1, 0.15) is 37.2 Å². The normalized spacial score (nSPS) is 30.5. The molecule has 1 saturated carbocycles. The second kappa shape index (κ2) is 10.3. The highest BCUT2D eigenvalue weighted by atomic mass is 35.5. The first-order chi connectivity index (χ1) is 22.3. The number of alkyl halides is 2. The number of aromatic amines is 1. The van der Waals surface area contributed by atoms with E-state index in [4.69, 9.17) is 21.1 Å². The number of fused-ring (bicyclic) bond motifs is 6. The molecule has 15 heteroatoms. The number of H-pyrrole nitrogens is 1. The Morgan fingerprint density at radius 1 is 1.17 bits per heavy atom. The fourth-order valence-corrected chi connectivity index (χ4v) is 8.42. The van der Waals surface area contributed by atoms with Crippen molar-refractivity contribution < 1.29 is 27.4 Å². The van der Waals surface area contributed by atoms with Gasteiger partial charge in [-0.2, -0.15) is 15.1 Å². The molecule has 0 radical (unpaired) electrons. The number of amides is 1. The Bertz CT molecular complexity index is 1910. The molecule has 4 fully saturated rings. The van der Waals surface area contributed by atoms with Crippen molar-refractivity contribution in [1.29, 1.82) is 0 Å². The SMILES string of the molecule is O=C1N[C@H]2CN(C[C@@H]2F)c2nc(OC[C@@]34CCCN3C[C@H](F)C4)nc3c(F)c(ncc23)-c2c(c(Cl)cc3[nH]ncc23)[C@@H]2C[C@@H]2CO1. The number of pyridine rings is 1. The quantitative estimate of drug-likeness (QED) is 0.324. The van der Waals surface area contributed by atoms with Crippen molar-refractivity contribution in [2.24, 2.45) is 5.92 Å². The van der Waals surface area contributed by atoms with Crippen LogP contribution in [-0.4, -0.2) is 99.5 Å². The van der Waals surface area contributed by atoms with Crippen molar-refractivity contribution in [3.63, 3.8) is 0 Å². The fraction of sp³-hybridized carbons (Fsp3) is 0.516. The maximum Gasteiger partial charge on any atom is 0.407 e. The van der Waals surface area contributed by atoms with Crippen LogP contribution in [0, 0.1) is 11.7 Å². The van der Waals surface area contributed by atoms with Crippen LogP contribution in [0.15, 0.2) is 18.5 Å². The molecule has 6 aliphatic rings. The highest BCUT2D eigenvalue weighted by Crippen LogP contribution is 2.54. The number of rotatable bonds is 3. The molecule has 11 nitrogen and oxygen atoms in total. The zero-order chi connectivity index (χ0) is 31.3. The van der Waals surface area contributed by atoms with Crippen LogP contribution in [0.3, 0.4) is 0 Å². The second-order valence-corrected chi connectivity index (χ2v) is 13.6. The van der Waals surface area contributed by atoms with E-state index in [-0.39, 0.29) is 66.6 Å². The minimum Gasteiger partial charge on any atom is -0.461 e. The topological polar surface area (TPSA) is 121 Å². The van der Waals surface area contributed by atoms with Crippen LogP contribution in [0.5, 0.6) is 6.01 Å². The first-order valence-electron chi connectivity index (χ1n) is 15.6. The maximum absolute atomic E-state index is 17.0. The molecule has 6 bridgehead atoms. The third-order valence-corrected chi connectivity index (χ3v) is 10.7. The third-order valence-electron chi connectivity index (χ3n) is 10.4. The van der Waals surface area contributed by atoms with Gasteiger partial charge in [0.25, 0.3) is 0 Å². The summed E-state index contributed by atoms with van der Waals surface area (Å²) in [6.45, 7) is 1.32. The van der Waals surface area contributed by atoms with Gasteiger partial charge in [0.05, 0.1) is 41.8 Å². The van der Waals surface area contributed by atoms with E-state index in [9.17, 15) is 9.18 Å². The molecule has 5 aliphatic heterocycles. The van der Waals surface area contributed by atoms with Crippen LogP contribution in [-0.2, 0) is 4.74 Å². The number of ether oxygens (including phenoxy) is 2. The summed E-state index contributed by atoms with van der Waals surface area (Å²) in [5, 5.41) is 11.0. The van der Waals surface area contributed by atoms with Crippen LogP contribution in [0.25, 0.3) is 33.1 Å². The number of anilines is 1. The fourth-order valence-electron chi connectivity index (χ4n) is 8.08. The van der Waals surface area contributed by atoms with Crippen LogP contribution in [0.2, 0.25) is 5.02 Å². The number of carbonyl (C=O) groups excluding carboxylic acids is 1. The molecule has 8 heterocycles. The van der Waals surface area contributed by atoms with Crippen molar-refractivity contribution in [2.45, 2.75) is 55.5 Å². The number of carbonyl (C=O) groups is 1. The summed E-state index contributed by atoms with van der Waals surface area (Å²) in [4.78, 5) is 30.3. The zero-order valence-corrected chi connectivity index (χ0v) is 25.4. The summed E-state index contributed by atoms with van der Waals surface area (Å²) >= 11 is 6.84. The van der Waals surface area contributed by atoms with Crippen molar-refractivity contribution in [3.8, 4) is 17.3 Å². The molecule has 2 N–H and O–H groups in total. The van der Waals surface area contributed by atoms with Gasteiger partial charge in [0.1, 0.15) is 36.0 Å². The minimum absolute atomic E-state index is 0.0303. The number of hydrogen-bond acceptors (Lipinski definition) is 9. The lowest BCUT2D eigenvalue weighted by Gasteiger charge is -2.31. The van der Waals surface area contributed by atoms with E-state index in [1.54, 1.807) is 17.2 Å². The highest BCUT2D eigenvalue weighted by Gasteiger charge is 2.50. The zero-order valence-electron chi connectivity index (χ0n) is 24.6. The van der Waals surface area contributed by atoms with Gasteiger partial charge in [-0.15, -0.1) is 0 Å². The van der Waals surface area contributed by atoms with E-state index in [0.717, 1.165) is 19.4 Å². The molecule has 0 spiro atoms. The summed E-state index contributed by atoms with van der Waals surface area (Å²) in [5.74, 6) is -0.673. The highest BCUT2D eigenvalue weighted by molar-refractivity contribution is 6.33. The number of nitrogens with one attached hydrogen (secondary N) is 2. The van der Waals surface area contributed by atoms with E-state index in [1.165, 1.54) is 6.20 Å². The lowest BCUT2D eigenvalue weighted by Crippen LogP contribution is -2.43. The summed E-state index contributed by atoms with van der Waals surface area (Å²) in [7, 11) is 0. The Balaban J connectivity index is 1.22. The van der Waals surface area contributed by atoms with Gasteiger partial charge >= 0.3 is 12.1 Å².